The zero-order valence-electron chi connectivity index (χ0n) is 12.0. The second kappa shape index (κ2) is 5.31. The predicted molar refractivity (Wildman–Crippen MR) is 87.2 cm³/mol. The van der Waals surface area contributed by atoms with E-state index in [4.69, 9.17) is 0 Å². The molecule has 0 amide bonds. The van der Waals surface area contributed by atoms with Gasteiger partial charge >= 0.3 is 0 Å². The summed E-state index contributed by atoms with van der Waals surface area (Å²) in [7, 11) is 2.10. The van der Waals surface area contributed by atoms with E-state index in [1.54, 1.807) is 0 Å². The zero-order chi connectivity index (χ0) is 14.0. The Balaban J connectivity index is 3.00. The maximum absolute atomic E-state index is 3.94. The number of nitrogens with zero attached hydrogens (tertiary/aromatic N) is 1. The van der Waals surface area contributed by atoms with Crippen LogP contribution in [-0.2, 0) is 13.5 Å². The largest absolute Gasteiger partial charge is 0.343 e. The first-order valence-electron chi connectivity index (χ1n) is 6.71. The predicted octanol–water partition coefficient (Wildman–Crippen LogP) is 5.06. The molecular weight excluding hydrogens is 230 g/mol. The zero-order valence-corrected chi connectivity index (χ0v) is 12.0. The second-order valence-electron chi connectivity index (χ2n) is 4.65. The molecule has 0 spiro atoms. The standard InChI is InChI=1S/C18H21N/c1-6-10-15-13(7-2)11-12-16-14(8-3)17(9-4)19(5)18(15)16/h6,8-12H,3-4,7H2,1-2,5H3/b10-6-. The van der Waals surface area contributed by atoms with Gasteiger partial charge in [0.25, 0.3) is 0 Å². The monoisotopic (exact) mass is 251 g/mol. The number of fused-ring (bicyclic) bond motifs is 1. The fourth-order valence-corrected chi connectivity index (χ4v) is 2.79. The molecule has 1 nitrogen and oxygen atoms in total. The van der Waals surface area contributed by atoms with Crippen LogP contribution >= 0.6 is 0 Å². The first kappa shape index (κ1) is 13.4. The van der Waals surface area contributed by atoms with Crippen LogP contribution in [0.3, 0.4) is 0 Å². The molecule has 0 aliphatic heterocycles. The van der Waals surface area contributed by atoms with Crippen molar-refractivity contribution in [3.63, 3.8) is 0 Å². The van der Waals surface area contributed by atoms with Crippen LogP contribution in [0.25, 0.3) is 29.1 Å². The van der Waals surface area contributed by atoms with Crippen LogP contribution in [0.5, 0.6) is 0 Å². The highest BCUT2D eigenvalue weighted by atomic mass is 14.9. The molecule has 19 heavy (non-hydrogen) atoms. The molecule has 1 heteroatoms. The first-order valence-corrected chi connectivity index (χ1v) is 6.71. The quantitative estimate of drug-likeness (QED) is 0.715. The van der Waals surface area contributed by atoms with Crippen LogP contribution in [0.1, 0.15) is 36.2 Å². The van der Waals surface area contributed by atoms with Gasteiger partial charge in [-0.05, 0) is 25.0 Å². The molecule has 1 aromatic carbocycles. The molecule has 0 saturated heterocycles. The molecule has 2 aromatic rings. The molecule has 0 bridgehead atoms. The van der Waals surface area contributed by atoms with Crippen molar-refractivity contribution in [1.29, 1.82) is 0 Å². The summed E-state index contributed by atoms with van der Waals surface area (Å²) in [5.41, 5.74) is 6.24. The van der Waals surface area contributed by atoms with Crippen molar-refractivity contribution in [2.24, 2.45) is 7.05 Å². The van der Waals surface area contributed by atoms with E-state index in [1.807, 2.05) is 12.2 Å². The second-order valence-corrected chi connectivity index (χ2v) is 4.65. The maximum atomic E-state index is 3.94. The lowest BCUT2D eigenvalue weighted by Gasteiger charge is -2.08. The number of hydrogen-bond acceptors (Lipinski definition) is 0. The topological polar surface area (TPSA) is 4.93 Å². The summed E-state index contributed by atoms with van der Waals surface area (Å²) in [5.74, 6) is 0. The summed E-state index contributed by atoms with van der Waals surface area (Å²) in [6.07, 6.45) is 9.16. The number of aromatic nitrogens is 1. The lowest BCUT2D eigenvalue weighted by Crippen LogP contribution is -1.95. The molecule has 0 fully saturated rings. The van der Waals surface area contributed by atoms with E-state index < -0.39 is 0 Å². The Morgan fingerprint density at radius 2 is 1.89 bits per heavy atom. The Labute approximate surface area is 115 Å². The minimum Gasteiger partial charge on any atom is -0.343 e. The first-order chi connectivity index (χ1) is 9.19. The van der Waals surface area contributed by atoms with E-state index in [9.17, 15) is 0 Å². The highest BCUT2D eigenvalue weighted by molar-refractivity contribution is 5.98. The molecule has 0 aliphatic rings. The summed E-state index contributed by atoms with van der Waals surface area (Å²) in [6.45, 7) is 12.1. The lowest BCUT2D eigenvalue weighted by molar-refractivity contribution is 0.949. The van der Waals surface area contributed by atoms with Crippen molar-refractivity contribution in [1.82, 2.24) is 4.57 Å². The van der Waals surface area contributed by atoms with Gasteiger partial charge in [0, 0.05) is 29.3 Å². The third kappa shape index (κ3) is 1.95. The fraction of sp³-hybridized carbons (Fsp3) is 0.222. The van der Waals surface area contributed by atoms with Crippen LogP contribution in [0, 0.1) is 0 Å². The van der Waals surface area contributed by atoms with E-state index in [-0.39, 0.29) is 0 Å². The molecule has 0 atom stereocenters. The van der Waals surface area contributed by atoms with Crippen molar-refractivity contribution in [2.75, 3.05) is 0 Å². The SMILES string of the molecule is C=Cc1c(C=C)n(C)c2c(/C=C\C)c(CC)ccc12. The van der Waals surface area contributed by atoms with Gasteiger partial charge in [-0.15, -0.1) is 0 Å². The molecule has 0 unspecified atom stereocenters. The van der Waals surface area contributed by atoms with Crippen LogP contribution < -0.4 is 0 Å². The van der Waals surface area contributed by atoms with Gasteiger partial charge in [-0.3, -0.25) is 0 Å². The Bertz CT molecular complexity index is 669. The van der Waals surface area contributed by atoms with Crippen molar-refractivity contribution in [3.8, 4) is 0 Å². The maximum Gasteiger partial charge on any atom is 0.0564 e. The number of benzene rings is 1. The molecule has 1 heterocycles. The van der Waals surface area contributed by atoms with Gasteiger partial charge in [-0.25, -0.2) is 0 Å². The lowest BCUT2D eigenvalue weighted by atomic mass is 10.00. The highest BCUT2D eigenvalue weighted by Crippen LogP contribution is 2.32. The molecule has 0 radical (unpaired) electrons. The average Bonchev–Trinajstić information content (AvgIpc) is 2.71. The van der Waals surface area contributed by atoms with Crippen LogP contribution in [-0.4, -0.2) is 4.57 Å². The van der Waals surface area contributed by atoms with Gasteiger partial charge in [-0.1, -0.05) is 50.4 Å². The van der Waals surface area contributed by atoms with Gasteiger partial charge in [0.15, 0.2) is 0 Å². The van der Waals surface area contributed by atoms with Crippen molar-refractivity contribution >= 4 is 29.1 Å². The Hall–Kier alpha value is -2.02. The van der Waals surface area contributed by atoms with Gasteiger partial charge < -0.3 is 4.57 Å². The average molecular weight is 251 g/mol. The van der Waals surface area contributed by atoms with E-state index in [1.165, 1.54) is 27.6 Å². The summed E-state index contributed by atoms with van der Waals surface area (Å²) >= 11 is 0. The number of hydrogen-bond donors (Lipinski definition) is 0. The van der Waals surface area contributed by atoms with E-state index in [0.717, 1.165) is 12.1 Å². The van der Waals surface area contributed by atoms with E-state index >= 15 is 0 Å². The van der Waals surface area contributed by atoms with Crippen LogP contribution in [0.4, 0.5) is 0 Å². The highest BCUT2D eigenvalue weighted by Gasteiger charge is 2.14. The molecule has 0 saturated carbocycles. The normalized spacial score (nSPS) is 11.3. The van der Waals surface area contributed by atoms with Gasteiger partial charge in [0.05, 0.1) is 5.52 Å². The minimum absolute atomic E-state index is 1.04. The molecule has 98 valence electrons. The number of allylic oxidation sites excluding steroid dienone is 1. The Morgan fingerprint density at radius 3 is 2.42 bits per heavy atom. The number of rotatable bonds is 4. The van der Waals surface area contributed by atoms with Crippen molar-refractivity contribution in [3.05, 3.63) is 53.8 Å². The number of aryl methyl sites for hydroxylation is 2. The van der Waals surface area contributed by atoms with Gasteiger partial charge in [0.2, 0.25) is 0 Å². The van der Waals surface area contributed by atoms with Crippen LogP contribution in [0.2, 0.25) is 0 Å². The van der Waals surface area contributed by atoms with E-state index in [0.29, 0.717) is 0 Å². The minimum atomic E-state index is 1.04. The van der Waals surface area contributed by atoms with Crippen molar-refractivity contribution in [2.45, 2.75) is 20.3 Å². The third-order valence-electron chi connectivity index (χ3n) is 3.68. The van der Waals surface area contributed by atoms with E-state index in [2.05, 4.69) is 62.9 Å². The Morgan fingerprint density at radius 1 is 1.16 bits per heavy atom. The molecule has 0 aliphatic carbocycles. The van der Waals surface area contributed by atoms with Crippen LogP contribution in [0.15, 0.2) is 31.4 Å². The van der Waals surface area contributed by atoms with Gasteiger partial charge in [-0.2, -0.15) is 0 Å². The fourth-order valence-electron chi connectivity index (χ4n) is 2.79. The molecule has 1 aromatic heterocycles. The molecular formula is C18H21N. The summed E-state index contributed by atoms with van der Waals surface area (Å²) in [4.78, 5) is 0. The smallest absolute Gasteiger partial charge is 0.0564 e. The Kier molecular flexibility index (Phi) is 3.75. The molecule has 2 rings (SSSR count). The summed E-state index contributed by atoms with van der Waals surface area (Å²) in [6, 6.07) is 4.42. The van der Waals surface area contributed by atoms with Gasteiger partial charge in [0.1, 0.15) is 0 Å². The summed E-state index contributed by atoms with van der Waals surface area (Å²) < 4.78 is 2.22. The molecule has 0 N–H and O–H groups in total. The van der Waals surface area contributed by atoms with Crippen molar-refractivity contribution < 1.29 is 0 Å². The summed E-state index contributed by atoms with van der Waals surface area (Å²) in [5, 5.41) is 1.25. The third-order valence-corrected chi connectivity index (χ3v) is 3.68.